The number of hydrogen-bond acceptors (Lipinski definition) is 2. The van der Waals surface area contributed by atoms with Crippen molar-refractivity contribution in [2.45, 2.75) is 51.4 Å². The number of nitrogens with one attached hydrogen (secondary N) is 1. The third-order valence-corrected chi connectivity index (χ3v) is 6.05. The number of halogens is 1. The average molecular weight is 397 g/mol. The standard InChI is InChI=1S/C23H28FN3O2/c1-14(2)16-10-9-15(13-18(16)24)20(23(21(25)28)11-5-6-12-23)17-7-3-4-8-19(17)27-22(26)29/h3-4,7-10,13-14,20H,5-6,11-12H2,1-2H3,(H2,25,28)(H3,26,27,29). The maximum atomic E-state index is 14.9. The van der Waals surface area contributed by atoms with Gasteiger partial charge < -0.3 is 16.8 Å². The SMILES string of the molecule is CC(C)c1ccc(C(c2ccccc2NC(N)=O)C2(C(N)=O)CCCC2)cc1F. The number of carbonyl (C=O) groups excluding carboxylic acids is 2. The van der Waals surface area contributed by atoms with Gasteiger partial charge >= 0.3 is 6.03 Å². The summed E-state index contributed by atoms with van der Waals surface area (Å²) in [5.41, 5.74) is 12.9. The fourth-order valence-electron chi connectivity index (χ4n) is 4.67. The molecule has 29 heavy (non-hydrogen) atoms. The highest BCUT2D eigenvalue weighted by Gasteiger charge is 2.48. The fraction of sp³-hybridized carbons (Fsp3) is 0.391. The third kappa shape index (κ3) is 3.97. The van der Waals surface area contributed by atoms with Gasteiger partial charge in [-0.3, -0.25) is 4.79 Å². The molecule has 0 spiro atoms. The number of benzene rings is 2. The smallest absolute Gasteiger partial charge is 0.316 e. The molecule has 1 aliphatic carbocycles. The summed E-state index contributed by atoms with van der Waals surface area (Å²) in [5, 5.41) is 2.64. The summed E-state index contributed by atoms with van der Waals surface area (Å²) in [7, 11) is 0. The molecular formula is C23H28FN3O2. The van der Waals surface area contributed by atoms with Crippen LogP contribution >= 0.6 is 0 Å². The number of rotatable bonds is 6. The molecule has 5 nitrogen and oxygen atoms in total. The van der Waals surface area contributed by atoms with Gasteiger partial charge in [0.2, 0.25) is 5.91 Å². The van der Waals surface area contributed by atoms with Crippen molar-refractivity contribution in [3.63, 3.8) is 0 Å². The zero-order valence-electron chi connectivity index (χ0n) is 16.9. The molecule has 1 atom stereocenters. The van der Waals surface area contributed by atoms with Gasteiger partial charge in [0.25, 0.3) is 0 Å². The van der Waals surface area contributed by atoms with Gasteiger partial charge in [0.15, 0.2) is 0 Å². The van der Waals surface area contributed by atoms with Crippen LogP contribution in [0.25, 0.3) is 0 Å². The number of nitrogens with two attached hydrogens (primary N) is 2. The van der Waals surface area contributed by atoms with Crippen LogP contribution in [0.2, 0.25) is 0 Å². The molecule has 2 aromatic carbocycles. The van der Waals surface area contributed by atoms with Crippen LogP contribution in [0.15, 0.2) is 42.5 Å². The van der Waals surface area contributed by atoms with Gasteiger partial charge in [-0.1, -0.05) is 57.0 Å². The normalized spacial score (nSPS) is 16.6. The summed E-state index contributed by atoms with van der Waals surface area (Å²) >= 11 is 0. The van der Waals surface area contributed by atoms with Crippen molar-refractivity contribution in [2.75, 3.05) is 5.32 Å². The lowest BCUT2D eigenvalue weighted by Crippen LogP contribution is -2.41. The predicted molar refractivity (Wildman–Crippen MR) is 112 cm³/mol. The van der Waals surface area contributed by atoms with Crippen LogP contribution in [-0.4, -0.2) is 11.9 Å². The topological polar surface area (TPSA) is 98.2 Å². The summed E-state index contributed by atoms with van der Waals surface area (Å²) in [5.74, 6) is -1.15. The minimum atomic E-state index is -0.846. The van der Waals surface area contributed by atoms with Crippen molar-refractivity contribution in [3.05, 3.63) is 65.0 Å². The molecule has 1 saturated carbocycles. The Balaban J connectivity index is 2.23. The molecule has 3 amide bonds. The van der Waals surface area contributed by atoms with E-state index in [-0.39, 0.29) is 11.7 Å². The van der Waals surface area contributed by atoms with Gasteiger partial charge in [-0.25, -0.2) is 9.18 Å². The minimum absolute atomic E-state index is 0.0443. The zero-order valence-corrected chi connectivity index (χ0v) is 16.9. The lowest BCUT2D eigenvalue weighted by Gasteiger charge is -2.36. The second kappa shape index (κ2) is 8.23. The number of anilines is 1. The Bertz CT molecular complexity index is 920. The Morgan fingerprint density at radius 2 is 1.69 bits per heavy atom. The summed E-state index contributed by atoms with van der Waals surface area (Å²) in [6.45, 7) is 3.87. The van der Waals surface area contributed by atoms with E-state index in [4.69, 9.17) is 11.5 Å². The van der Waals surface area contributed by atoms with Crippen LogP contribution in [0.5, 0.6) is 0 Å². The Morgan fingerprint density at radius 3 is 2.24 bits per heavy atom. The maximum Gasteiger partial charge on any atom is 0.316 e. The lowest BCUT2D eigenvalue weighted by molar-refractivity contribution is -0.128. The van der Waals surface area contributed by atoms with Crippen molar-refractivity contribution in [1.82, 2.24) is 0 Å². The second-order valence-electron chi connectivity index (χ2n) is 8.17. The highest BCUT2D eigenvalue weighted by molar-refractivity contribution is 5.90. The van der Waals surface area contributed by atoms with Crippen LogP contribution in [0.4, 0.5) is 14.9 Å². The lowest BCUT2D eigenvalue weighted by atomic mass is 9.66. The van der Waals surface area contributed by atoms with Crippen molar-refractivity contribution >= 4 is 17.6 Å². The van der Waals surface area contributed by atoms with E-state index in [1.165, 1.54) is 6.07 Å². The highest BCUT2D eigenvalue weighted by Crippen LogP contribution is 2.53. The Hall–Kier alpha value is -2.89. The average Bonchev–Trinajstić information content (AvgIpc) is 3.13. The van der Waals surface area contributed by atoms with Crippen LogP contribution in [-0.2, 0) is 4.79 Å². The summed E-state index contributed by atoms with van der Waals surface area (Å²) in [4.78, 5) is 24.3. The number of primary amides is 2. The van der Waals surface area contributed by atoms with E-state index >= 15 is 0 Å². The van der Waals surface area contributed by atoms with Crippen molar-refractivity contribution in [3.8, 4) is 0 Å². The molecule has 1 fully saturated rings. The number of amides is 3. The first kappa shape index (κ1) is 20.8. The van der Waals surface area contributed by atoms with Crippen molar-refractivity contribution in [1.29, 1.82) is 0 Å². The van der Waals surface area contributed by atoms with Gasteiger partial charge in [0.05, 0.1) is 5.41 Å². The van der Waals surface area contributed by atoms with E-state index in [1.807, 2.05) is 32.0 Å². The molecule has 0 bridgehead atoms. The fourth-order valence-corrected chi connectivity index (χ4v) is 4.67. The Kier molecular flexibility index (Phi) is 5.91. The quantitative estimate of drug-likeness (QED) is 0.663. The van der Waals surface area contributed by atoms with E-state index in [1.54, 1.807) is 18.2 Å². The molecule has 6 heteroatoms. The number of hydrogen-bond donors (Lipinski definition) is 3. The molecule has 5 N–H and O–H groups in total. The molecule has 0 heterocycles. The van der Waals surface area contributed by atoms with Gasteiger partial charge in [0, 0.05) is 11.6 Å². The first-order chi connectivity index (χ1) is 13.8. The van der Waals surface area contributed by atoms with Gasteiger partial charge in [-0.15, -0.1) is 0 Å². The van der Waals surface area contributed by atoms with Crippen LogP contribution in [0.1, 0.15) is 68.1 Å². The monoisotopic (exact) mass is 397 g/mol. The highest BCUT2D eigenvalue weighted by atomic mass is 19.1. The van der Waals surface area contributed by atoms with Gasteiger partial charge in [-0.2, -0.15) is 0 Å². The molecule has 1 unspecified atom stereocenters. The Morgan fingerprint density at radius 1 is 1.03 bits per heavy atom. The van der Waals surface area contributed by atoms with E-state index in [2.05, 4.69) is 5.32 Å². The summed E-state index contributed by atoms with van der Waals surface area (Å²) in [6, 6.07) is 11.6. The molecule has 3 rings (SSSR count). The molecular weight excluding hydrogens is 369 g/mol. The van der Waals surface area contributed by atoms with Gasteiger partial charge in [0.1, 0.15) is 5.82 Å². The molecule has 0 aliphatic heterocycles. The van der Waals surface area contributed by atoms with E-state index in [0.29, 0.717) is 35.2 Å². The minimum Gasteiger partial charge on any atom is -0.369 e. The molecule has 0 saturated heterocycles. The molecule has 0 radical (unpaired) electrons. The van der Waals surface area contributed by atoms with Crippen LogP contribution in [0.3, 0.4) is 0 Å². The van der Waals surface area contributed by atoms with Crippen LogP contribution in [0, 0.1) is 11.2 Å². The van der Waals surface area contributed by atoms with Gasteiger partial charge in [-0.05, 0) is 47.6 Å². The largest absolute Gasteiger partial charge is 0.369 e. The second-order valence-corrected chi connectivity index (χ2v) is 8.17. The molecule has 154 valence electrons. The first-order valence-corrected chi connectivity index (χ1v) is 10.0. The summed E-state index contributed by atoms with van der Waals surface area (Å²) in [6.07, 6.45) is 2.98. The van der Waals surface area contributed by atoms with Crippen LogP contribution < -0.4 is 16.8 Å². The van der Waals surface area contributed by atoms with Crippen molar-refractivity contribution < 1.29 is 14.0 Å². The zero-order chi connectivity index (χ0) is 21.2. The number of urea groups is 1. The van der Waals surface area contributed by atoms with Crippen molar-refractivity contribution in [2.24, 2.45) is 16.9 Å². The molecule has 1 aliphatic rings. The maximum absolute atomic E-state index is 14.9. The predicted octanol–water partition coefficient (Wildman–Crippen LogP) is 4.62. The summed E-state index contributed by atoms with van der Waals surface area (Å²) < 4.78 is 14.9. The van der Waals surface area contributed by atoms with E-state index in [9.17, 15) is 14.0 Å². The molecule has 0 aromatic heterocycles. The van der Waals surface area contributed by atoms with E-state index in [0.717, 1.165) is 12.8 Å². The van der Waals surface area contributed by atoms with E-state index < -0.39 is 23.3 Å². The Labute approximate surface area is 170 Å². The first-order valence-electron chi connectivity index (χ1n) is 10.0. The number of carbonyl (C=O) groups is 2. The molecule has 2 aromatic rings. The number of para-hydroxylation sites is 1. The third-order valence-electron chi connectivity index (χ3n) is 6.05.